The minimum atomic E-state index is -0.238. The third kappa shape index (κ3) is 4.66. The van der Waals surface area contributed by atoms with Gasteiger partial charge in [0.05, 0.1) is 12.8 Å². The van der Waals surface area contributed by atoms with Crippen molar-refractivity contribution in [2.75, 3.05) is 30.4 Å². The number of hydrogen-bond donors (Lipinski definition) is 2. The first-order valence-corrected chi connectivity index (χ1v) is 8.78. The van der Waals surface area contributed by atoms with Crippen LogP contribution in [-0.2, 0) is 6.54 Å². The summed E-state index contributed by atoms with van der Waals surface area (Å²) in [4.78, 5) is 14.6. The lowest BCUT2D eigenvalue weighted by Gasteiger charge is -2.29. The van der Waals surface area contributed by atoms with Gasteiger partial charge in [0.1, 0.15) is 5.75 Å². The van der Waals surface area contributed by atoms with Gasteiger partial charge in [0.15, 0.2) is 0 Å². The van der Waals surface area contributed by atoms with Gasteiger partial charge in [-0.25, -0.2) is 4.79 Å². The Balaban J connectivity index is 1.66. The van der Waals surface area contributed by atoms with E-state index in [-0.39, 0.29) is 6.03 Å². The van der Waals surface area contributed by atoms with Crippen LogP contribution in [0.3, 0.4) is 0 Å². The Labute approximate surface area is 149 Å². The molecule has 2 aromatic rings. The van der Waals surface area contributed by atoms with Gasteiger partial charge >= 0.3 is 6.03 Å². The number of carbonyl (C=O) groups is 1. The summed E-state index contributed by atoms with van der Waals surface area (Å²) in [5.41, 5.74) is 2.88. The van der Waals surface area contributed by atoms with Crippen LogP contribution in [-0.4, -0.2) is 26.2 Å². The average Bonchev–Trinajstić information content (AvgIpc) is 2.68. The van der Waals surface area contributed by atoms with E-state index < -0.39 is 0 Å². The van der Waals surface area contributed by atoms with Gasteiger partial charge in [0.2, 0.25) is 0 Å². The largest absolute Gasteiger partial charge is 0.495 e. The van der Waals surface area contributed by atoms with Crippen LogP contribution in [0.5, 0.6) is 5.75 Å². The summed E-state index contributed by atoms with van der Waals surface area (Å²) in [7, 11) is 1.61. The molecule has 1 aliphatic heterocycles. The molecule has 0 aromatic heterocycles. The maximum Gasteiger partial charge on any atom is 0.319 e. The van der Waals surface area contributed by atoms with E-state index in [1.807, 2.05) is 42.5 Å². The molecule has 3 rings (SSSR count). The van der Waals surface area contributed by atoms with Crippen molar-refractivity contribution in [3.8, 4) is 5.75 Å². The second-order valence-electron chi connectivity index (χ2n) is 6.23. The summed E-state index contributed by atoms with van der Waals surface area (Å²) in [5, 5.41) is 5.79. The van der Waals surface area contributed by atoms with Gasteiger partial charge in [-0.05, 0) is 43.0 Å². The van der Waals surface area contributed by atoms with Crippen molar-refractivity contribution in [1.82, 2.24) is 5.32 Å². The van der Waals surface area contributed by atoms with E-state index in [1.54, 1.807) is 7.11 Å². The topological polar surface area (TPSA) is 53.6 Å². The van der Waals surface area contributed by atoms with Gasteiger partial charge in [-0.1, -0.05) is 30.3 Å². The van der Waals surface area contributed by atoms with Crippen LogP contribution in [0.25, 0.3) is 0 Å². The summed E-state index contributed by atoms with van der Waals surface area (Å²) in [6, 6.07) is 15.6. The lowest BCUT2D eigenvalue weighted by atomic mass is 10.1. The minimum absolute atomic E-state index is 0.238. The van der Waals surface area contributed by atoms with E-state index in [9.17, 15) is 4.79 Å². The van der Waals surface area contributed by atoms with Crippen LogP contribution in [0, 0.1) is 0 Å². The summed E-state index contributed by atoms with van der Waals surface area (Å²) in [5.74, 6) is 0.663. The highest BCUT2D eigenvalue weighted by Gasteiger charge is 2.14. The molecule has 1 heterocycles. The van der Waals surface area contributed by atoms with Crippen LogP contribution in [0.1, 0.15) is 24.8 Å². The molecule has 1 fully saturated rings. The van der Waals surface area contributed by atoms with Crippen molar-refractivity contribution < 1.29 is 9.53 Å². The summed E-state index contributed by atoms with van der Waals surface area (Å²) in [6.45, 7) is 2.61. The molecular weight excluding hydrogens is 314 g/mol. The number of nitrogens with zero attached hydrogens (tertiary/aromatic N) is 1. The number of rotatable bonds is 5. The number of benzene rings is 2. The fourth-order valence-corrected chi connectivity index (χ4v) is 3.09. The normalized spacial score (nSPS) is 14.0. The van der Waals surface area contributed by atoms with Crippen LogP contribution in [0.2, 0.25) is 0 Å². The Morgan fingerprint density at radius 1 is 1.08 bits per heavy atom. The van der Waals surface area contributed by atoms with Crippen LogP contribution < -0.4 is 20.3 Å². The molecule has 0 atom stereocenters. The van der Waals surface area contributed by atoms with E-state index >= 15 is 0 Å². The maximum absolute atomic E-state index is 12.3. The fourth-order valence-electron chi connectivity index (χ4n) is 3.09. The second-order valence-corrected chi connectivity index (χ2v) is 6.23. The van der Waals surface area contributed by atoms with Crippen molar-refractivity contribution in [3.05, 3.63) is 54.1 Å². The Morgan fingerprint density at radius 2 is 1.84 bits per heavy atom. The molecule has 0 unspecified atom stereocenters. The lowest BCUT2D eigenvalue weighted by Crippen LogP contribution is -2.30. The molecule has 132 valence electrons. The summed E-state index contributed by atoms with van der Waals surface area (Å²) < 4.78 is 5.39. The summed E-state index contributed by atoms with van der Waals surface area (Å²) >= 11 is 0. The Bertz CT molecular complexity index is 697. The predicted octanol–water partition coefficient (Wildman–Crippen LogP) is 4.01. The number of nitrogens with one attached hydrogen (secondary N) is 2. The number of amides is 2. The molecule has 5 nitrogen and oxygen atoms in total. The zero-order chi connectivity index (χ0) is 17.5. The van der Waals surface area contributed by atoms with Gasteiger partial charge < -0.3 is 20.3 Å². The number of piperidine rings is 1. The zero-order valence-corrected chi connectivity index (χ0v) is 14.6. The molecule has 0 aliphatic carbocycles. The molecular formula is C20H25N3O2. The SMILES string of the molecule is COc1ccc(N2CCCCC2)cc1NC(=O)NCc1ccccc1. The molecule has 2 aromatic carbocycles. The number of carbonyl (C=O) groups excluding carboxylic acids is 1. The third-order valence-electron chi connectivity index (χ3n) is 4.45. The third-order valence-corrected chi connectivity index (χ3v) is 4.45. The van der Waals surface area contributed by atoms with E-state index in [1.165, 1.54) is 19.3 Å². The highest BCUT2D eigenvalue weighted by Crippen LogP contribution is 2.30. The first-order chi connectivity index (χ1) is 12.3. The molecule has 0 spiro atoms. The van der Waals surface area contributed by atoms with E-state index in [2.05, 4.69) is 21.6 Å². The van der Waals surface area contributed by atoms with Crippen molar-refractivity contribution in [2.24, 2.45) is 0 Å². The number of urea groups is 1. The van der Waals surface area contributed by atoms with Gasteiger partial charge in [0, 0.05) is 25.3 Å². The number of ether oxygens (including phenoxy) is 1. The molecule has 25 heavy (non-hydrogen) atoms. The first-order valence-electron chi connectivity index (χ1n) is 8.78. The lowest BCUT2D eigenvalue weighted by molar-refractivity contribution is 0.251. The van der Waals surface area contributed by atoms with Crippen molar-refractivity contribution in [3.63, 3.8) is 0 Å². The second kappa shape index (κ2) is 8.42. The molecule has 5 heteroatoms. The molecule has 1 aliphatic rings. The van der Waals surface area contributed by atoms with Gasteiger partial charge in [0.25, 0.3) is 0 Å². The van der Waals surface area contributed by atoms with Gasteiger partial charge in [-0.3, -0.25) is 0 Å². The quantitative estimate of drug-likeness (QED) is 0.865. The fraction of sp³-hybridized carbons (Fsp3) is 0.350. The molecule has 0 bridgehead atoms. The minimum Gasteiger partial charge on any atom is -0.495 e. The summed E-state index contributed by atoms with van der Waals surface area (Å²) in [6.07, 6.45) is 3.72. The molecule has 2 N–H and O–H groups in total. The van der Waals surface area contributed by atoms with Crippen molar-refractivity contribution >= 4 is 17.4 Å². The smallest absolute Gasteiger partial charge is 0.319 e. The number of methoxy groups -OCH3 is 1. The number of hydrogen-bond acceptors (Lipinski definition) is 3. The Kier molecular flexibility index (Phi) is 5.77. The maximum atomic E-state index is 12.3. The van der Waals surface area contributed by atoms with Crippen molar-refractivity contribution in [1.29, 1.82) is 0 Å². The van der Waals surface area contributed by atoms with Crippen LogP contribution in [0.4, 0.5) is 16.2 Å². The van der Waals surface area contributed by atoms with Crippen LogP contribution >= 0.6 is 0 Å². The molecule has 0 radical (unpaired) electrons. The molecule has 0 saturated carbocycles. The average molecular weight is 339 g/mol. The van der Waals surface area contributed by atoms with E-state index in [4.69, 9.17) is 4.74 Å². The van der Waals surface area contributed by atoms with E-state index in [0.29, 0.717) is 18.0 Å². The molecule has 1 saturated heterocycles. The van der Waals surface area contributed by atoms with E-state index in [0.717, 1.165) is 24.3 Å². The first kappa shape index (κ1) is 17.1. The number of anilines is 2. The zero-order valence-electron chi connectivity index (χ0n) is 14.6. The Hall–Kier alpha value is -2.69. The highest BCUT2D eigenvalue weighted by molar-refractivity contribution is 5.91. The Morgan fingerprint density at radius 3 is 2.56 bits per heavy atom. The van der Waals surface area contributed by atoms with Gasteiger partial charge in [-0.2, -0.15) is 0 Å². The molecule has 2 amide bonds. The van der Waals surface area contributed by atoms with Gasteiger partial charge in [-0.15, -0.1) is 0 Å². The van der Waals surface area contributed by atoms with Crippen molar-refractivity contribution in [2.45, 2.75) is 25.8 Å². The monoisotopic (exact) mass is 339 g/mol. The predicted molar refractivity (Wildman–Crippen MR) is 101 cm³/mol. The highest BCUT2D eigenvalue weighted by atomic mass is 16.5. The van der Waals surface area contributed by atoms with Crippen LogP contribution in [0.15, 0.2) is 48.5 Å². The standard InChI is InChI=1S/C20H25N3O2/c1-25-19-11-10-17(23-12-6-3-7-13-23)14-18(19)22-20(24)21-15-16-8-4-2-5-9-16/h2,4-5,8-11,14H,3,6-7,12-13,15H2,1H3,(H2,21,22,24).